The molecule has 30 heavy (non-hydrogen) atoms. The molecule has 0 radical (unpaired) electrons. The maximum atomic E-state index is 12.3. The highest BCUT2D eigenvalue weighted by Gasteiger charge is 2.14. The average molecular weight is 419 g/mol. The zero-order chi connectivity index (χ0) is 21.9. The number of phenols is 1. The van der Waals surface area contributed by atoms with Gasteiger partial charge in [-0.1, -0.05) is 110 Å². The van der Waals surface area contributed by atoms with Crippen molar-refractivity contribution < 1.29 is 14.6 Å². The number of phenolic OH excluding ortho intramolecular Hbond substituents is 1. The predicted octanol–water partition coefficient (Wildman–Crippen LogP) is 8.45. The fraction of sp³-hybridized carbons (Fsp3) is 0.741. The Hall–Kier alpha value is -1.51. The lowest BCUT2D eigenvalue weighted by molar-refractivity contribution is 0.0421. The van der Waals surface area contributed by atoms with Gasteiger partial charge in [0.2, 0.25) is 0 Å². The first-order valence-corrected chi connectivity index (χ1v) is 12.6. The van der Waals surface area contributed by atoms with Crippen LogP contribution in [-0.2, 0) is 4.74 Å². The Balaban J connectivity index is 2.33. The van der Waals surface area contributed by atoms with Crippen LogP contribution in [0.4, 0.5) is 0 Å². The zero-order valence-corrected chi connectivity index (χ0v) is 19.7. The number of ether oxygens (including phenoxy) is 1. The minimum Gasteiger partial charge on any atom is -0.508 e. The van der Waals surface area contributed by atoms with E-state index in [1.807, 2.05) is 0 Å². The highest BCUT2D eigenvalue weighted by molar-refractivity contribution is 5.89. The van der Waals surface area contributed by atoms with E-state index in [0.717, 1.165) is 12.8 Å². The minimum absolute atomic E-state index is 0.104. The van der Waals surface area contributed by atoms with Crippen LogP contribution >= 0.6 is 0 Å². The Morgan fingerprint density at radius 2 is 1.30 bits per heavy atom. The van der Waals surface area contributed by atoms with Gasteiger partial charge >= 0.3 is 5.97 Å². The van der Waals surface area contributed by atoms with Crippen LogP contribution in [0.2, 0.25) is 0 Å². The van der Waals surface area contributed by atoms with Crippen LogP contribution in [0.1, 0.15) is 127 Å². The fourth-order valence-corrected chi connectivity index (χ4v) is 4.00. The van der Waals surface area contributed by atoms with Crippen molar-refractivity contribution in [3.63, 3.8) is 0 Å². The number of carbonyl (C=O) groups excluding carboxylic acids is 1. The van der Waals surface area contributed by atoms with Gasteiger partial charge < -0.3 is 9.84 Å². The average Bonchev–Trinajstić information content (AvgIpc) is 2.75. The van der Waals surface area contributed by atoms with Gasteiger partial charge in [-0.15, -0.1) is 0 Å². The second-order valence-electron chi connectivity index (χ2n) is 8.83. The van der Waals surface area contributed by atoms with Crippen LogP contribution < -0.4 is 0 Å². The second-order valence-corrected chi connectivity index (χ2v) is 8.83. The quantitative estimate of drug-likeness (QED) is 0.181. The molecule has 172 valence electrons. The van der Waals surface area contributed by atoms with E-state index in [0.29, 0.717) is 18.1 Å². The van der Waals surface area contributed by atoms with Gasteiger partial charge in [-0.2, -0.15) is 0 Å². The normalized spacial score (nSPS) is 12.1. The third kappa shape index (κ3) is 13.7. The van der Waals surface area contributed by atoms with Crippen molar-refractivity contribution in [2.75, 3.05) is 6.61 Å². The summed E-state index contributed by atoms with van der Waals surface area (Å²) in [5.74, 6) is 0.235. The van der Waals surface area contributed by atoms with Gasteiger partial charge in [0.25, 0.3) is 0 Å². The molecule has 1 N–H and O–H groups in total. The SMILES string of the molecule is CCCCCCCCCCC(CCCCCCCC)COC(=O)c1cccc(O)c1. The van der Waals surface area contributed by atoms with Crippen molar-refractivity contribution in [1.82, 2.24) is 0 Å². The summed E-state index contributed by atoms with van der Waals surface area (Å²) in [6.45, 7) is 5.01. The van der Waals surface area contributed by atoms with Gasteiger partial charge in [0.05, 0.1) is 12.2 Å². The van der Waals surface area contributed by atoms with Crippen LogP contribution in [0.15, 0.2) is 24.3 Å². The second kappa shape index (κ2) is 18.3. The molecule has 0 heterocycles. The van der Waals surface area contributed by atoms with Gasteiger partial charge in [-0.05, 0) is 37.0 Å². The molecule has 1 atom stereocenters. The standard InChI is InChI=1S/C27H46O3/c1-3-5-7-9-11-12-14-16-19-24(18-15-13-10-8-6-4-2)23-30-27(29)25-20-17-21-26(28)22-25/h17,20-22,24,28H,3-16,18-19,23H2,1-2H3. The van der Waals surface area contributed by atoms with Gasteiger partial charge in [0.1, 0.15) is 5.75 Å². The molecule has 1 rings (SSSR count). The Morgan fingerprint density at radius 1 is 0.800 bits per heavy atom. The first-order chi connectivity index (χ1) is 14.7. The van der Waals surface area contributed by atoms with Crippen LogP contribution in [0, 0.1) is 5.92 Å². The number of carbonyl (C=O) groups is 1. The van der Waals surface area contributed by atoms with E-state index in [1.54, 1.807) is 18.2 Å². The van der Waals surface area contributed by atoms with Gasteiger partial charge in [0, 0.05) is 0 Å². The molecule has 0 saturated carbocycles. The van der Waals surface area contributed by atoms with E-state index in [1.165, 1.54) is 96.0 Å². The van der Waals surface area contributed by atoms with E-state index in [2.05, 4.69) is 13.8 Å². The molecule has 0 amide bonds. The Kier molecular flexibility index (Phi) is 16.2. The van der Waals surface area contributed by atoms with E-state index >= 15 is 0 Å². The molecule has 0 aliphatic heterocycles. The van der Waals surface area contributed by atoms with Crippen molar-refractivity contribution in [1.29, 1.82) is 0 Å². The summed E-state index contributed by atoms with van der Waals surface area (Å²) in [4.78, 5) is 12.3. The number of esters is 1. The molecule has 0 saturated heterocycles. The van der Waals surface area contributed by atoms with Crippen molar-refractivity contribution in [3.05, 3.63) is 29.8 Å². The molecule has 1 aromatic rings. The topological polar surface area (TPSA) is 46.5 Å². The van der Waals surface area contributed by atoms with Crippen molar-refractivity contribution >= 4 is 5.97 Å². The summed E-state index contributed by atoms with van der Waals surface area (Å²) < 4.78 is 5.61. The van der Waals surface area contributed by atoms with Crippen molar-refractivity contribution in [2.24, 2.45) is 5.92 Å². The molecule has 0 bridgehead atoms. The Labute approximate surface area is 185 Å². The van der Waals surface area contributed by atoms with Crippen LogP contribution in [0.25, 0.3) is 0 Å². The van der Waals surface area contributed by atoms with Gasteiger partial charge in [0.15, 0.2) is 0 Å². The zero-order valence-electron chi connectivity index (χ0n) is 19.7. The third-order valence-electron chi connectivity index (χ3n) is 5.96. The fourth-order valence-electron chi connectivity index (χ4n) is 4.00. The smallest absolute Gasteiger partial charge is 0.338 e. The summed E-state index contributed by atoms with van der Waals surface area (Å²) in [6, 6.07) is 6.42. The van der Waals surface area contributed by atoms with Gasteiger partial charge in [-0.3, -0.25) is 0 Å². The molecule has 1 unspecified atom stereocenters. The molecule has 0 aliphatic rings. The van der Waals surface area contributed by atoms with E-state index < -0.39 is 0 Å². The number of unbranched alkanes of at least 4 members (excludes halogenated alkanes) is 12. The summed E-state index contributed by atoms with van der Waals surface area (Å²) in [5, 5.41) is 9.57. The molecule has 0 spiro atoms. The van der Waals surface area contributed by atoms with Crippen LogP contribution in [-0.4, -0.2) is 17.7 Å². The lowest BCUT2D eigenvalue weighted by atomic mass is 9.94. The van der Waals surface area contributed by atoms with Gasteiger partial charge in [-0.25, -0.2) is 4.79 Å². The Bertz CT molecular complexity index is 541. The number of aromatic hydroxyl groups is 1. The lowest BCUT2D eigenvalue weighted by Gasteiger charge is -2.17. The first kappa shape index (κ1) is 26.5. The van der Waals surface area contributed by atoms with Crippen LogP contribution in [0.5, 0.6) is 5.75 Å². The highest BCUT2D eigenvalue weighted by atomic mass is 16.5. The lowest BCUT2D eigenvalue weighted by Crippen LogP contribution is -2.15. The number of rotatable bonds is 19. The molecule has 0 aromatic heterocycles. The molecular formula is C27H46O3. The molecule has 3 heteroatoms. The predicted molar refractivity (Wildman–Crippen MR) is 127 cm³/mol. The molecule has 0 fully saturated rings. The summed E-state index contributed by atoms with van der Waals surface area (Å²) >= 11 is 0. The number of hydrogen-bond acceptors (Lipinski definition) is 3. The minimum atomic E-state index is -0.324. The summed E-state index contributed by atoms with van der Waals surface area (Å²) in [5.41, 5.74) is 0.431. The molecule has 1 aromatic carbocycles. The molecular weight excluding hydrogens is 372 g/mol. The maximum absolute atomic E-state index is 12.3. The van der Waals surface area contributed by atoms with Crippen molar-refractivity contribution in [3.8, 4) is 5.75 Å². The van der Waals surface area contributed by atoms with Crippen LogP contribution in [0.3, 0.4) is 0 Å². The van der Waals surface area contributed by atoms with E-state index in [-0.39, 0.29) is 11.7 Å². The number of benzene rings is 1. The van der Waals surface area contributed by atoms with E-state index in [9.17, 15) is 9.90 Å². The highest BCUT2D eigenvalue weighted by Crippen LogP contribution is 2.21. The number of hydrogen-bond donors (Lipinski definition) is 1. The first-order valence-electron chi connectivity index (χ1n) is 12.6. The molecule has 0 aliphatic carbocycles. The van der Waals surface area contributed by atoms with E-state index in [4.69, 9.17) is 4.74 Å². The summed E-state index contributed by atoms with van der Waals surface area (Å²) in [6.07, 6.45) is 20.7. The molecule has 3 nitrogen and oxygen atoms in total. The van der Waals surface area contributed by atoms with Crippen molar-refractivity contribution in [2.45, 2.75) is 117 Å². The largest absolute Gasteiger partial charge is 0.508 e. The Morgan fingerprint density at radius 3 is 1.80 bits per heavy atom. The maximum Gasteiger partial charge on any atom is 0.338 e. The monoisotopic (exact) mass is 418 g/mol. The third-order valence-corrected chi connectivity index (χ3v) is 5.96. The summed E-state index contributed by atoms with van der Waals surface area (Å²) in [7, 11) is 0.